The summed E-state index contributed by atoms with van der Waals surface area (Å²) in [6, 6.07) is 22.2. The van der Waals surface area contributed by atoms with Crippen LogP contribution in [0, 0.1) is 0 Å². The molecule has 0 saturated heterocycles. The molecule has 0 spiro atoms. The zero-order valence-corrected chi connectivity index (χ0v) is 18.9. The van der Waals surface area contributed by atoms with Crippen LogP contribution in [0.5, 0.6) is 11.5 Å². The Labute approximate surface area is 195 Å². The van der Waals surface area contributed by atoms with Gasteiger partial charge in [-0.3, -0.25) is 4.79 Å². The topological polar surface area (TPSA) is 78.9 Å². The summed E-state index contributed by atoms with van der Waals surface area (Å²) in [5.41, 5.74) is 1.76. The average Bonchev–Trinajstić information content (AvgIpc) is 3.29. The van der Waals surface area contributed by atoms with Gasteiger partial charge in [0.2, 0.25) is 5.82 Å². The van der Waals surface area contributed by atoms with Gasteiger partial charge in [-0.05, 0) is 61.9 Å². The number of ether oxygens (including phenoxy) is 2. The molecule has 0 atom stereocenters. The summed E-state index contributed by atoms with van der Waals surface area (Å²) in [6.45, 7) is 4.87. The van der Waals surface area contributed by atoms with Crippen molar-refractivity contribution in [2.75, 3.05) is 13.2 Å². The third-order valence-corrected chi connectivity index (χ3v) is 5.29. The lowest BCUT2D eigenvalue weighted by Gasteiger charge is -2.11. The van der Waals surface area contributed by atoms with Crippen LogP contribution >= 0.6 is 0 Å². The molecular weight excluding hydrogens is 430 g/mol. The van der Waals surface area contributed by atoms with E-state index in [4.69, 9.17) is 18.9 Å². The number of furan rings is 1. The first-order valence-electron chi connectivity index (χ1n) is 11.1. The minimum absolute atomic E-state index is 0.284. The van der Waals surface area contributed by atoms with Crippen molar-refractivity contribution in [3.8, 4) is 23.1 Å². The molecule has 0 aliphatic rings. The van der Waals surface area contributed by atoms with E-state index in [1.54, 1.807) is 24.4 Å². The van der Waals surface area contributed by atoms with Crippen LogP contribution in [0.2, 0.25) is 0 Å². The maximum absolute atomic E-state index is 13.4. The minimum Gasteiger partial charge on any atom is -0.490 e. The van der Waals surface area contributed by atoms with Gasteiger partial charge >= 0.3 is 0 Å². The van der Waals surface area contributed by atoms with E-state index in [0.717, 1.165) is 10.9 Å². The largest absolute Gasteiger partial charge is 0.490 e. The lowest BCUT2D eigenvalue weighted by atomic mass is 10.2. The molecule has 0 unspecified atom stereocenters. The van der Waals surface area contributed by atoms with Crippen LogP contribution in [-0.4, -0.2) is 29.1 Å². The zero-order chi connectivity index (χ0) is 23.5. The van der Waals surface area contributed by atoms with Gasteiger partial charge in [0.05, 0.1) is 30.3 Å². The molecule has 0 aliphatic heterocycles. The van der Waals surface area contributed by atoms with Crippen molar-refractivity contribution < 1.29 is 13.9 Å². The number of aromatic nitrogens is 2. The Morgan fingerprint density at radius 1 is 0.941 bits per heavy atom. The summed E-state index contributed by atoms with van der Waals surface area (Å²) < 4.78 is 18.6. The number of hydrogen-bond donors (Lipinski definition) is 0. The van der Waals surface area contributed by atoms with Crippen molar-refractivity contribution in [1.29, 1.82) is 0 Å². The van der Waals surface area contributed by atoms with Gasteiger partial charge in [-0.2, -0.15) is 9.78 Å². The first-order chi connectivity index (χ1) is 16.7. The summed E-state index contributed by atoms with van der Waals surface area (Å²) in [5, 5.41) is 5.90. The first-order valence-corrected chi connectivity index (χ1v) is 11.1. The Kier molecular flexibility index (Phi) is 5.82. The Balaban J connectivity index is 1.65. The number of benzene rings is 3. The van der Waals surface area contributed by atoms with Crippen molar-refractivity contribution in [3.05, 3.63) is 88.7 Å². The Hall–Kier alpha value is -4.39. The Morgan fingerprint density at radius 2 is 1.71 bits per heavy atom. The normalized spacial score (nSPS) is 11.5. The summed E-state index contributed by atoms with van der Waals surface area (Å²) in [5.74, 6) is 2.07. The third-order valence-electron chi connectivity index (χ3n) is 5.29. The highest BCUT2D eigenvalue weighted by Gasteiger charge is 2.16. The fourth-order valence-corrected chi connectivity index (χ4v) is 3.75. The maximum Gasteiger partial charge on any atom is 0.282 e. The number of para-hydroxylation sites is 2. The number of nitrogens with zero attached hydrogens (tertiary/aromatic N) is 3. The SMILES string of the molecule is CCOc1ccc(C=Nn2c(-c3cc4ccccc4o3)nc3ccccc3c2=O)cc1OCC. The number of fused-ring (bicyclic) bond motifs is 2. The quantitative estimate of drug-likeness (QED) is 0.305. The fraction of sp³-hybridized carbons (Fsp3) is 0.148. The number of rotatable bonds is 7. The molecule has 34 heavy (non-hydrogen) atoms. The monoisotopic (exact) mass is 453 g/mol. The van der Waals surface area contributed by atoms with Crippen LogP contribution in [0.3, 0.4) is 0 Å². The molecule has 7 nitrogen and oxygen atoms in total. The second kappa shape index (κ2) is 9.23. The first kappa shape index (κ1) is 21.5. The molecule has 7 heteroatoms. The molecule has 0 fully saturated rings. The molecule has 0 saturated carbocycles. The molecule has 0 amide bonds. The van der Waals surface area contributed by atoms with Crippen molar-refractivity contribution >= 4 is 28.1 Å². The van der Waals surface area contributed by atoms with Crippen LogP contribution in [-0.2, 0) is 0 Å². The molecule has 0 N–H and O–H groups in total. The van der Waals surface area contributed by atoms with Gasteiger partial charge in [-0.15, -0.1) is 0 Å². The van der Waals surface area contributed by atoms with Crippen LogP contribution in [0.25, 0.3) is 33.5 Å². The van der Waals surface area contributed by atoms with E-state index in [1.165, 1.54) is 4.68 Å². The van der Waals surface area contributed by atoms with Crippen LogP contribution in [0.1, 0.15) is 19.4 Å². The van der Waals surface area contributed by atoms with Gasteiger partial charge in [-0.1, -0.05) is 30.3 Å². The summed E-state index contributed by atoms with van der Waals surface area (Å²) in [6.07, 6.45) is 1.60. The summed E-state index contributed by atoms with van der Waals surface area (Å²) in [4.78, 5) is 18.1. The van der Waals surface area contributed by atoms with Crippen molar-refractivity contribution in [2.45, 2.75) is 13.8 Å². The van der Waals surface area contributed by atoms with E-state index in [1.807, 2.05) is 68.4 Å². The fourth-order valence-electron chi connectivity index (χ4n) is 3.75. The second-order valence-corrected chi connectivity index (χ2v) is 7.53. The molecule has 0 radical (unpaired) electrons. The van der Waals surface area contributed by atoms with Gasteiger partial charge in [-0.25, -0.2) is 4.98 Å². The van der Waals surface area contributed by atoms with E-state index in [0.29, 0.717) is 52.8 Å². The Morgan fingerprint density at radius 3 is 2.53 bits per heavy atom. The molecule has 0 bridgehead atoms. The highest BCUT2D eigenvalue weighted by atomic mass is 16.5. The molecule has 5 aromatic rings. The molecule has 2 heterocycles. The van der Waals surface area contributed by atoms with Gasteiger partial charge in [0.25, 0.3) is 5.56 Å². The van der Waals surface area contributed by atoms with Gasteiger partial charge in [0.1, 0.15) is 5.58 Å². The van der Waals surface area contributed by atoms with E-state index in [-0.39, 0.29) is 5.56 Å². The highest BCUT2D eigenvalue weighted by Crippen LogP contribution is 2.29. The average molecular weight is 453 g/mol. The van der Waals surface area contributed by atoms with Crippen LogP contribution < -0.4 is 15.0 Å². The summed E-state index contributed by atoms with van der Waals surface area (Å²) in [7, 11) is 0. The summed E-state index contributed by atoms with van der Waals surface area (Å²) >= 11 is 0. The predicted octanol–water partition coefficient (Wildman–Crippen LogP) is 5.49. The van der Waals surface area contributed by atoms with Crippen LogP contribution in [0.4, 0.5) is 0 Å². The van der Waals surface area contributed by atoms with E-state index >= 15 is 0 Å². The third kappa shape index (κ3) is 4.03. The van der Waals surface area contributed by atoms with Gasteiger partial charge < -0.3 is 13.9 Å². The molecule has 5 rings (SSSR count). The lowest BCUT2D eigenvalue weighted by molar-refractivity contribution is 0.288. The molecule has 0 aliphatic carbocycles. The highest BCUT2D eigenvalue weighted by molar-refractivity contribution is 5.85. The van der Waals surface area contributed by atoms with E-state index < -0.39 is 0 Å². The predicted molar refractivity (Wildman–Crippen MR) is 133 cm³/mol. The van der Waals surface area contributed by atoms with Crippen molar-refractivity contribution in [2.24, 2.45) is 5.10 Å². The van der Waals surface area contributed by atoms with E-state index in [9.17, 15) is 4.79 Å². The lowest BCUT2D eigenvalue weighted by Crippen LogP contribution is -2.20. The second-order valence-electron chi connectivity index (χ2n) is 7.53. The van der Waals surface area contributed by atoms with Gasteiger partial charge in [0, 0.05) is 5.39 Å². The Bertz CT molecular complexity index is 1530. The number of hydrogen-bond acceptors (Lipinski definition) is 6. The van der Waals surface area contributed by atoms with Gasteiger partial charge in [0.15, 0.2) is 17.3 Å². The molecule has 3 aromatic carbocycles. The standard InChI is InChI=1S/C27H23N3O4/c1-3-32-23-14-13-18(15-24(23)33-4-2)17-28-30-26(25-16-19-9-5-8-12-22(19)34-25)29-21-11-7-6-10-20(21)27(30)31/h5-17H,3-4H2,1-2H3. The minimum atomic E-state index is -0.284. The van der Waals surface area contributed by atoms with Crippen molar-refractivity contribution in [3.63, 3.8) is 0 Å². The van der Waals surface area contributed by atoms with Crippen LogP contribution in [0.15, 0.2) is 87.1 Å². The zero-order valence-electron chi connectivity index (χ0n) is 18.9. The maximum atomic E-state index is 13.4. The molecule has 170 valence electrons. The van der Waals surface area contributed by atoms with Crippen molar-refractivity contribution in [1.82, 2.24) is 9.66 Å². The molecular formula is C27H23N3O4. The smallest absolute Gasteiger partial charge is 0.282 e. The van der Waals surface area contributed by atoms with E-state index in [2.05, 4.69) is 5.10 Å². The molecule has 2 aromatic heterocycles.